The minimum Gasteiger partial charge on any atom is -0.460 e. The second-order valence-electron chi connectivity index (χ2n) is 7.72. The number of rotatable bonds is 17. The van der Waals surface area contributed by atoms with Crippen molar-refractivity contribution < 1.29 is 56.5 Å². The van der Waals surface area contributed by atoms with Crippen molar-refractivity contribution in [1.29, 1.82) is 0 Å². The molecule has 0 aromatic heterocycles. The summed E-state index contributed by atoms with van der Waals surface area (Å²) in [6, 6.07) is 11.6. The maximum absolute atomic E-state index is 12.8. The Labute approximate surface area is 226 Å². The number of benzene rings is 2. The van der Waals surface area contributed by atoms with Crippen molar-refractivity contribution in [2.24, 2.45) is 0 Å². The maximum atomic E-state index is 12.8. The maximum Gasteiger partial charge on any atom is 0.356 e. The number of esters is 3. The van der Waals surface area contributed by atoms with Crippen LogP contribution in [0.25, 0.3) is 0 Å². The third-order valence-electron chi connectivity index (χ3n) is 4.86. The molecule has 0 aliphatic carbocycles. The third kappa shape index (κ3) is 11.1. The molecule has 1 atom stereocenters. The molecular weight excluding hydrogens is 535 g/mol. The first kappa shape index (κ1) is 31.8. The van der Waals surface area contributed by atoms with Crippen LogP contribution in [-0.2, 0) is 37.3 Å². The van der Waals surface area contributed by atoms with E-state index in [9.17, 15) is 23.7 Å². The Hall–Kier alpha value is -3.41. The number of methoxy groups -OCH3 is 1. The lowest BCUT2D eigenvalue weighted by Crippen LogP contribution is -2.14. The molecule has 0 radical (unpaired) electrons. The monoisotopic (exact) mass is 566 g/mol. The van der Waals surface area contributed by atoms with E-state index in [4.69, 9.17) is 32.7 Å². The van der Waals surface area contributed by atoms with Gasteiger partial charge >= 0.3 is 25.5 Å². The summed E-state index contributed by atoms with van der Waals surface area (Å²) in [5, 5.41) is 0. The molecule has 212 valence electrons. The number of hydrogen-bond donors (Lipinski definition) is 0. The molecule has 0 saturated carbocycles. The summed E-state index contributed by atoms with van der Waals surface area (Å²) in [6.07, 6.45) is -0.507. The molecule has 2 rings (SSSR count). The average Bonchev–Trinajstić information content (AvgIpc) is 2.93. The van der Waals surface area contributed by atoms with Crippen LogP contribution in [0, 0.1) is 0 Å². The van der Waals surface area contributed by atoms with Crippen LogP contribution in [0.15, 0.2) is 48.5 Å². The van der Waals surface area contributed by atoms with Crippen molar-refractivity contribution in [2.45, 2.75) is 13.8 Å². The summed E-state index contributed by atoms with van der Waals surface area (Å²) in [4.78, 5) is 47.5. The van der Waals surface area contributed by atoms with Crippen molar-refractivity contribution in [3.63, 3.8) is 0 Å². The Morgan fingerprint density at radius 3 is 1.59 bits per heavy atom. The van der Waals surface area contributed by atoms with Crippen LogP contribution in [-0.4, -0.2) is 77.0 Å². The summed E-state index contributed by atoms with van der Waals surface area (Å²) in [5.74, 6) is -2.05. The number of carbonyl (C=O) groups is 4. The molecule has 0 amide bonds. The molecule has 0 aliphatic rings. The van der Waals surface area contributed by atoms with Gasteiger partial charge in [-0.15, -0.1) is 0 Å². The number of Topliss-reactive ketones (excluding diaryl/α,β-unsaturated/α-hetero) is 1. The Bertz CT molecular complexity index is 1140. The highest BCUT2D eigenvalue weighted by atomic mass is 31.2. The Kier molecular flexibility index (Phi) is 13.5. The predicted molar refractivity (Wildman–Crippen MR) is 137 cm³/mol. The smallest absolute Gasteiger partial charge is 0.356 e. The van der Waals surface area contributed by atoms with Crippen LogP contribution < -0.4 is 0 Å². The van der Waals surface area contributed by atoms with Gasteiger partial charge in [-0.2, -0.15) is 0 Å². The summed E-state index contributed by atoms with van der Waals surface area (Å²) in [7, 11) is -2.24. The van der Waals surface area contributed by atoms with Gasteiger partial charge in [0.2, 0.25) is 0 Å². The molecule has 2 aromatic rings. The molecule has 0 bridgehead atoms. The van der Waals surface area contributed by atoms with Crippen LogP contribution in [0.1, 0.15) is 55.3 Å². The molecular formula is C26H31O12P. The third-order valence-corrected chi connectivity index (χ3v) is 6.58. The van der Waals surface area contributed by atoms with Gasteiger partial charge in [0.25, 0.3) is 0 Å². The van der Waals surface area contributed by atoms with E-state index in [1.165, 1.54) is 62.6 Å². The highest BCUT2D eigenvalue weighted by molar-refractivity contribution is 7.53. The highest BCUT2D eigenvalue weighted by Gasteiger charge is 2.25. The fraction of sp³-hybridized carbons (Fsp3) is 0.385. The zero-order valence-electron chi connectivity index (χ0n) is 21.9. The largest absolute Gasteiger partial charge is 0.460 e. The van der Waals surface area contributed by atoms with Crippen LogP contribution in [0.2, 0.25) is 0 Å². The molecule has 0 fully saturated rings. The lowest BCUT2D eigenvalue weighted by Gasteiger charge is -2.18. The number of ether oxygens (including phenoxy) is 5. The fourth-order valence-corrected chi connectivity index (χ4v) is 4.18. The number of ketones is 1. The van der Waals surface area contributed by atoms with E-state index in [1.54, 1.807) is 6.92 Å². The normalized spacial score (nSPS) is 12.3. The van der Waals surface area contributed by atoms with Gasteiger partial charge in [0.15, 0.2) is 18.9 Å². The summed E-state index contributed by atoms with van der Waals surface area (Å²) in [5.41, 5.74) is 1.13. The van der Waals surface area contributed by atoms with Gasteiger partial charge in [-0.25, -0.2) is 14.4 Å². The summed E-state index contributed by atoms with van der Waals surface area (Å²) in [6.45, 7) is 2.46. The van der Waals surface area contributed by atoms with E-state index in [0.717, 1.165) is 0 Å². The van der Waals surface area contributed by atoms with Crippen LogP contribution >= 0.6 is 7.60 Å². The van der Waals surface area contributed by atoms with Gasteiger partial charge in [0.1, 0.15) is 13.2 Å². The molecule has 12 nitrogen and oxygen atoms in total. The first-order chi connectivity index (χ1) is 18.7. The zero-order valence-corrected chi connectivity index (χ0v) is 22.8. The van der Waals surface area contributed by atoms with Crippen LogP contribution in [0.5, 0.6) is 0 Å². The van der Waals surface area contributed by atoms with Gasteiger partial charge in [-0.3, -0.25) is 9.36 Å². The van der Waals surface area contributed by atoms with E-state index >= 15 is 0 Å². The summed E-state index contributed by atoms with van der Waals surface area (Å²) >= 11 is 0. The van der Waals surface area contributed by atoms with Crippen molar-refractivity contribution in [1.82, 2.24) is 0 Å². The van der Waals surface area contributed by atoms with Crippen molar-refractivity contribution >= 4 is 31.3 Å². The van der Waals surface area contributed by atoms with E-state index in [1.807, 2.05) is 0 Å². The first-order valence-corrected chi connectivity index (χ1v) is 13.6. The number of hydrogen-bond acceptors (Lipinski definition) is 12. The minimum atomic E-state index is -3.73. The van der Waals surface area contributed by atoms with Gasteiger partial charge in [0.05, 0.1) is 36.5 Å². The van der Waals surface area contributed by atoms with E-state index in [2.05, 4.69) is 0 Å². The van der Waals surface area contributed by atoms with Crippen LogP contribution in [0.4, 0.5) is 0 Å². The van der Waals surface area contributed by atoms with Crippen molar-refractivity contribution in [2.75, 3.05) is 53.3 Å². The molecule has 0 spiro atoms. The van der Waals surface area contributed by atoms with Crippen molar-refractivity contribution in [3.05, 3.63) is 70.8 Å². The Morgan fingerprint density at radius 2 is 1.13 bits per heavy atom. The quantitative estimate of drug-likeness (QED) is 0.0683. The highest BCUT2D eigenvalue weighted by Crippen LogP contribution is 2.47. The lowest BCUT2D eigenvalue weighted by atomic mass is 10.1. The fourth-order valence-electron chi connectivity index (χ4n) is 2.91. The average molecular weight is 566 g/mol. The SMILES string of the molecule is CCOP(=O)(COCOC(=O)c1ccc(C(C)=O)cc1)OCCOC(=O)c1ccc(C(=O)OCCOC)cc1. The molecule has 0 heterocycles. The summed E-state index contributed by atoms with van der Waals surface area (Å²) < 4.78 is 48.3. The minimum absolute atomic E-state index is 0.0585. The van der Waals surface area contributed by atoms with E-state index in [0.29, 0.717) is 5.56 Å². The molecule has 0 saturated heterocycles. The molecule has 1 unspecified atom stereocenters. The predicted octanol–water partition coefficient (Wildman–Crippen LogP) is 3.88. The van der Waals surface area contributed by atoms with Crippen LogP contribution in [0.3, 0.4) is 0 Å². The topological polar surface area (TPSA) is 150 Å². The second-order valence-corrected chi connectivity index (χ2v) is 9.72. The molecule has 39 heavy (non-hydrogen) atoms. The molecule has 13 heteroatoms. The lowest BCUT2D eigenvalue weighted by molar-refractivity contribution is -0.0239. The van der Waals surface area contributed by atoms with Gasteiger partial charge < -0.3 is 32.7 Å². The van der Waals surface area contributed by atoms with E-state index < -0.39 is 38.6 Å². The zero-order chi connectivity index (χ0) is 28.7. The molecule has 0 N–H and O–H groups in total. The Morgan fingerprint density at radius 1 is 0.667 bits per heavy atom. The van der Waals surface area contributed by atoms with Gasteiger partial charge in [-0.05, 0) is 50.2 Å². The molecule has 0 aliphatic heterocycles. The number of carbonyl (C=O) groups excluding carboxylic acids is 4. The van der Waals surface area contributed by atoms with E-state index in [-0.39, 0.29) is 55.5 Å². The standard InChI is InChI=1S/C26H31O12P/c1-4-37-39(31,18-33-17-36-26(30)23-7-5-20(6-8-23)19(2)27)38-16-15-35-25(29)22-11-9-21(10-12-22)24(28)34-14-13-32-3/h5-12H,4,13-18H2,1-3H3. The van der Waals surface area contributed by atoms with Crippen molar-refractivity contribution in [3.8, 4) is 0 Å². The van der Waals surface area contributed by atoms with Gasteiger partial charge in [-0.1, -0.05) is 12.1 Å². The van der Waals surface area contributed by atoms with Gasteiger partial charge in [0, 0.05) is 12.7 Å². The Balaban J connectivity index is 1.73. The molecule has 2 aromatic carbocycles. The second kappa shape index (κ2) is 16.5. The first-order valence-electron chi connectivity index (χ1n) is 11.9.